The van der Waals surface area contributed by atoms with Crippen LogP contribution >= 0.6 is 0 Å². The van der Waals surface area contributed by atoms with Crippen molar-refractivity contribution in [3.05, 3.63) is 48.2 Å². The summed E-state index contributed by atoms with van der Waals surface area (Å²) in [5, 5.41) is 9.51. The molecule has 1 aromatic heterocycles. The fourth-order valence-electron chi connectivity index (χ4n) is 6.60. The summed E-state index contributed by atoms with van der Waals surface area (Å²) in [6.45, 7) is 2.06. The Morgan fingerprint density at radius 1 is 0.976 bits per heavy atom. The first kappa shape index (κ1) is 30.7. The standard InChI is InChI=1S/C30H38F3N3O5S/c31-30(32,33)42(39,40)29(13-1-2-14-29)21-35-16-11-22(12-17-35)20-41-27-10-9-25(18-34-27)23-5-7-24(8-6-23)28(38)36-15-3-4-26(36)19-37/h5-10,18,22,26,37H,1-4,11-17,19-21H2/t26-/m1/s1. The Morgan fingerprint density at radius 2 is 1.64 bits per heavy atom. The molecule has 1 saturated carbocycles. The number of carbonyl (C=O) groups is 1. The van der Waals surface area contributed by atoms with Crippen molar-refractivity contribution in [3.8, 4) is 17.0 Å². The monoisotopic (exact) mass is 609 g/mol. The molecule has 0 unspecified atom stereocenters. The predicted molar refractivity (Wildman–Crippen MR) is 152 cm³/mol. The molecule has 0 bridgehead atoms. The van der Waals surface area contributed by atoms with Gasteiger partial charge in [0.1, 0.15) is 0 Å². The second kappa shape index (κ2) is 12.5. The molecule has 3 fully saturated rings. The smallest absolute Gasteiger partial charge is 0.477 e. The molecule has 0 radical (unpaired) electrons. The number of carbonyl (C=O) groups excluding carboxylic acids is 1. The lowest BCUT2D eigenvalue weighted by atomic mass is 9.96. The number of pyridine rings is 1. The summed E-state index contributed by atoms with van der Waals surface area (Å²) in [6, 6.07) is 10.9. The number of likely N-dealkylation sites (tertiary alicyclic amines) is 2. The molecule has 3 aliphatic rings. The lowest BCUT2D eigenvalue weighted by molar-refractivity contribution is -0.0466. The number of ether oxygens (including phenoxy) is 1. The van der Waals surface area contributed by atoms with E-state index < -0.39 is 20.1 Å². The minimum Gasteiger partial charge on any atom is -0.477 e. The molecule has 2 aliphatic heterocycles. The molecular weight excluding hydrogens is 571 g/mol. The summed E-state index contributed by atoms with van der Waals surface area (Å²) >= 11 is 0. The minimum absolute atomic E-state index is 0.0263. The van der Waals surface area contributed by atoms with Crippen LogP contribution in [0.4, 0.5) is 13.2 Å². The van der Waals surface area contributed by atoms with Gasteiger partial charge in [-0.25, -0.2) is 13.4 Å². The molecule has 230 valence electrons. The number of aromatic nitrogens is 1. The highest BCUT2D eigenvalue weighted by Gasteiger charge is 2.60. The number of alkyl halides is 3. The molecule has 8 nitrogen and oxygen atoms in total. The molecule has 0 spiro atoms. The summed E-state index contributed by atoms with van der Waals surface area (Å²) in [5.74, 6) is 0.598. The van der Waals surface area contributed by atoms with Gasteiger partial charge in [-0.05, 0) is 81.3 Å². The Hall–Kier alpha value is -2.70. The van der Waals surface area contributed by atoms with Gasteiger partial charge in [-0.1, -0.05) is 25.0 Å². The topological polar surface area (TPSA) is 100 Å². The molecule has 2 aromatic rings. The van der Waals surface area contributed by atoms with Gasteiger partial charge < -0.3 is 19.6 Å². The molecule has 1 N–H and O–H groups in total. The number of aliphatic hydroxyl groups is 1. The zero-order chi connectivity index (χ0) is 30.0. The molecule has 1 aromatic carbocycles. The number of sulfone groups is 1. The Bertz CT molecular complexity index is 1320. The van der Waals surface area contributed by atoms with Crippen LogP contribution < -0.4 is 4.74 Å². The number of amides is 1. The predicted octanol–water partition coefficient (Wildman–Crippen LogP) is 4.68. The largest absolute Gasteiger partial charge is 0.497 e. The second-order valence-electron chi connectivity index (χ2n) is 11.8. The van der Waals surface area contributed by atoms with Gasteiger partial charge in [0.05, 0.1) is 24.0 Å². The van der Waals surface area contributed by atoms with E-state index in [4.69, 9.17) is 4.74 Å². The molecule has 12 heteroatoms. The van der Waals surface area contributed by atoms with Crippen LogP contribution in [0.3, 0.4) is 0 Å². The molecule has 42 heavy (non-hydrogen) atoms. The number of piperidine rings is 1. The quantitative estimate of drug-likeness (QED) is 0.441. The number of aliphatic hydroxyl groups excluding tert-OH is 1. The zero-order valence-corrected chi connectivity index (χ0v) is 24.4. The van der Waals surface area contributed by atoms with Gasteiger partial charge in [0.2, 0.25) is 5.88 Å². The van der Waals surface area contributed by atoms with E-state index in [-0.39, 0.29) is 43.9 Å². The maximum absolute atomic E-state index is 13.4. The van der Waals surface area contributed by atoms with Crippen molar-refractivity contribution in [2.24, 2.45) is 5.92 Å². The van der Waals surface area contributed by atoms with Crippen LogP contribution in [-0.4, -0.2) is 89.9 Å². The fraction of sp³-hybridized carbons (Fsp3) is 0.600. The average Bonchev–Trinajstić information content (AvgIpc) is 3.67. The first-order chi connectivity index (χ1) is 20.0. The van der Waals surface area contributed by atoms with E-state index in [1.54, 1.807) is 29.3 Å². The van der Waals surface area contributed by atoms with Gasteiger partial charge in [0.15, 0.2) is 0 Å². The summed E-state index contributed by atoms with van der Waals surface area (Å²) in [5.41, 5.74) is -2.87. The third-order valence-corrected chi connectivity index (χ3v) is 11.4. The summed E-state index contributed by atoms with van der Waals surface area (Å²) < 4.78 is 69.2. The van der Waals surface area contributed by atoms with E-state index in [0.717, 1.165) is 24.0 Å². The van der Waals surface area contributed by atoms with E-state index in [0.29, 0.717) is 63.4 Å². The van der Waals surface area contributed by atoms with Crippen molar-refractivity contribution in [2.45, 2.75) is 67.7 Å². The van der Waals surface area contributed by atoms with Gasteiger partial charge in [0.25, 0.3) is 15.7 Å². The Morgan fingerprint density at radius 3 is 2.24 bits per heavy atom. The van der Waals surface area contributed by atoms with Crippen LogP contribution in [0.1, 0.15) is 61.7 Å². The van der Waals surface area contributed by atoms with Crippen molar-refractivity contribution < 1.29 is 36.2 Å². The van der Waals surface area contributed by atoms with E-state index in [2.05, 4.69) is 4.98 Å². The second-order valence-corrected chi connectivity index (χ2v) is 14.1. The van der Waals surface area contributed by atoms with E-state index in [1.165, 1.54) is 0 Å². The highest BCUT2D eigenvalue weighted by molar-refractivity contribution is 7.93. The Kier molecular flexibility index (Phi) is 9.15. The highest BCUT2D eigenvalue weighted by atomic mass is 32.2. The summed E-state index contributed by atoms with van der Waals surface area (Å²) in [4.78, 5) is 20.8. The normalized spacial score (nSPS) is 22.0. The number of halogens is 3. The van der Waals surface area contributed by atoms with E-state index in [9.17, 15) is 31.5 Å². The third kappa shape index (κ3) is 6.30. The molecule has 1 aliphatic carbocycles. The average molecular weight is 610 g/mol. The van der Waals surface area contributed by atoms with E-state index >= 15 is 0 Å². The minimum atomic E-state index is -5.23. The Balaban J connectivity index is 1.10. The summed E-state index contributed by atoms with van der Waals surface area (Å²) in [7, 11) is -5.23. The van der Waals surface area contributed by atoms with Crippen LogP contribution in [0.15, 0.2) is 42.6 Å². The molecule has 3 heterocycles. The highest BCUT2D eigenvalue weighted by Crippen LogP contribution is 2.45. The molecule has 5 rings (SSSR count). The summed E-state index contributed by atoms with van der Waals surface area (Å²) in [6.07, 6.45) is 5.96. The lowest BCUT2D eigenvalue weighted by Gasteiger charge is -2.38. The maximum Gasteiger partial charge on any atom is 0.497 e. The molecule has 1 amide bonds. The van der Waals surface area contributed by atoms with Gasteiger partial charge >= 0.3 is 5.51 Å². The number of rotatable bonds is 9. The van der Waals surface area contributed by atoms with Crippen molar-refractivity contribution >= 4 is 15.7 Å². The molecule has 2 saturated heterocycles. The molecular formula is C30H38F3N3O5S. The van der Waals surface area contributed by atoms with Gasteiger partial charge in [-0.15, -0.1) is 0 Å². The maximum atomic E-state index is 13.4. The van der Waals surface area contributed by atoms with Crippen LogP contribution in [-0.2, 0) is 9.84 Å². The van der Waals surface area contributed by atoms with Gasteiger partial charge in [-0.2, -0.15) is 13.2 Å². The SMILES string of the molecule is O=C(c1ccc(-c2ccc(OCC3CCN(CC4(S(=O)(=O)C(F)(F)F)CCCC4)CC3)nc2)cc1)N1CCC[C@@H]1CO. The van der Waals surface area contributed by atoms with Crippen molar-refractivity contribution in [1.29, 1.82) is 0 Å². The lowest BCUT2D eigenvalue weighted by Crippen LogP contribution is -2.53. The van der Waals surface area contributed by atoms with Crippen molar-refractivity contribution in [3.63, 3.8) is 0 Å². The van der Waals surface area contributed by atoms with Gasteiger partial charge in [-0.3, -0.25) is 4.79 Å². The first-order valence-electron chi connectivity index (χ1n) is 14.7. The number of hydrogen-bond acceptors (Lipinski definition) is 7. The van der Waals surface area contributed by atoms with Crippen LogP contribution in [0.25, 0.3) is 11.1 Å². The van der Waals surface area contributed by atoms with Crippen LogP contribution in [0.2, 0.25) is 0 Å². The number of nitrogens with zero attached hydrogens (tertiary/aromatic N) is 3. The zero-order valence-electron chi connectivity index (χ0n) is 23.6. The number of hydrogen-bond donors (Lipinski definition) is 1. The van der Waals surface area contributed by atoms with Crippen LogP contribution in [0, 0.1) is 5.92 Å². The molecule has 1 atom stereocenters. The van der Waals surface area contributed by atoms with Crippen molar-refractivity contribution in [2.75, 3.05) is 39.4 Å². The number of benzene rings is 1. The first-order valence-corrected chi connectivity index (χ1v) is 16.2. The van der Waals surface area contributed by atoms with Crippen molar-refractivity contribution in [1.82, 2.24) is 14.8 Å². The third-order valence-electron chi connectivity index (χ3n) is 9.13. The van der Waals surface area contributed by atoms with Crippen LogP contribution in [0.5, 0.6) is 5.88 Å². The fourth-order valence-corrected chi connectivity index (χ4v) is 8.27. The van der Waals surface area contributed by atoms with Gasteiger partial charge in [0, 0.05) is 36.5 Å². The Labute approximate surface area is 244 Å². The van der Waals surface area contributed by atoms with E-state index in [1.807, 2.05) is 23.1 Å².